The van der Waals surface area contributed by atoms with Crippen LogP contribution in [0.4, 0.5) is 0 Å². The molecule has 1 aromatic rings. The van der Waals surface area contributed by atoms with Crippen LogP contribution in [-0.4, -0.2) is 11.1 Å². The van der Waals surface area contributed by atoms with Gasteiger partial charge in [-0.3, -0.25) is 0 Å². The minimum absolute atomic E-state index is 0.216. The topological polar surface area (TPSA) is 37.3 Å². The van der Waals surface area contributed by atoms with E-state index < -0.39 is 5.97 Å². The first-order chi connectivity index (χ1) is 12.6. The van der Waals surface area contributed by atoms with E-state index in [1.807, 2.05) is 6.08 Å². The fraction of sp³-hybridized carbons (Fsp3) is 0.480. The summed E-state index contributed by atoms with van der Waals surface area (Å²) in [6.07, 6.45) is 13.4. The number of carbonyl (C=O) groups is 1. The van der Waals surface area contributed by atoms with Crippen LogP contribution in [-0.2, 0) is 22.0 Å². The summed E-state index contributed by atoms with van der Waals surface area (Å²) in [6, 6.07) is 4.95. The Bertz CT molecular complexity index is 834. The fourth-order valence-electron chi connectivity index (χ4n) is 4.56. The number of hydrogen-bond acceptors (Lipinski definition) is 1. The van der Waals surface area contributed by atoms with Crippen molar-refractivity contribution < 1.29 is 9.90 Å². The lowest BCUT2D eigenvalue weighted by atomic mass is 9.62. The monoisotopic (exact) mass is 364 g/mol. The first-order valence-corrected chi connectivity index (χ1v) is 10.1. The molecule has 0 amide bonds. The second-order valence-electron chi connectivity index (χ2n) is 9.53. The number of benzene rings is 1. The molecule has 1 atom stereocenters. The Morgan fingerprint density at radius 1 is 1.11 bits per heavy atom. The molecule has 2 nitrogen and oxygen atoms in total. The molecule has 0 aliphatic heterocycles. The highest BCUT2D eigenvalue weighted by Crippen LogP contribution is 2.48. The highest BCUT2D eigenvalue weighted by molar-refractivity contribution is 5.80. The third kappa shape index (κ3) is 4.10. The van der Waals surface area contributed by atoms with Crippen LogP contribution in [0.1, 0.15) is 76.1 Å². The molecular formula is C25H32O2. The summed E-state index contributed by atoms with van der Waals surface area (Å²) in [4.78, 5) is 10.6. The van der Waals surface area contributed by atoms with Crippen molar-refractivity contribution in [1.29, 1.82) is 0 Å². The molecule has 0 saturated carbocycles. The van der Waals surface area contributed by atoms with Gasteiger partial charge in [-0.25, -0.2) is 4.79 Å². The van der Waals surface area contributed by atoms with E-state index in [9.17, 15) is 4.79 Å². The van der Waals surface area contributed by atoms with Crippen LogP contribution in [0, 0.1) is 5.92 Å². The summed E-state index contributed by atoms with van der Waals surface area (Å²) in [5.41, 5.74) is 7.73. The van der Waals surface area contributed by atoms with Crippen LogP contribution in [0.3, 0.4) is 0 Å². The van der Waals surface area contributed by atoms with Crippen molar-refractivity contribution in [2.75, 3.05) is 0 Å². The van der Waals surface area contributed by atoms with Gasteiger partial charge < -0.3 is 5.11 Å². The predicted molar refractivity (Wildman–Crippen MR) is 113 cm³/mol. The molecule has 0 radical (unpaired) electrons. The van der Waals surface area contributed by atoms with Gasteiger partial charge in [0.1, 0.15) is 0 Å². The first-order valence-electron chi connectivity index (χ1n) is 10.1. The molecule has 0 heterocycles. The number of allylic oxidation sites excluding steroid dienone is 5. The van der Waals surface area contributed by atoms with Gasteiger partial charge in [0.05, 0.1) is 0 Å². The molecule has 1 aromatic carbocycles. The second kappa shape index (κ2) is 7.14. The molecule has 27 heavy (non-hydrogen) atoms. The Morgan fingerprint density at radius 2 is 1.74 bits per heavy atom. The number of carboxylic acid groups (broad SMARTS) is 1. The number of carboxylic acids is 1. The molecule has 0 aromatic heterocycles. The summed E-state index contributed by atoms with van der Waals surface area (Å²) in [5, 5.41) is 8.70. The zero-order chi connectivity index (χ0) is 19.8. The average molecular weight is 365 g/mol. The Kier molecular flexibility index (Phi) is 5.20. The third-order valence-electron chi connectivity index (χ3n) is 6.27. The molecular weight excluding hydrogens is 332 g/mol. The van der Waals surface area contributed by atoms with E-state index in [0.29, 0.717) is 5.92 Å². The molecule has 2 aliphatic rings. The van der Waals surface area contributed by atoms with Gasteiger partial charge in [0.15, 0.2) is 0 Å². The van der Waals surface area contributed by atoms with E-state index >= 15 is 0 Å². The molecule has 3 rings (SSSR count). The van der Waals surface area contributed by atoms with Gasteiger partial charge in [0.2, 0.25) is 0 Å². The minimum Gasteiger partial charge on any atom is -0.478 e. The van der Waals surface area contributed by atoms with E-state index in [1.165, 1.54) is 46.7 Å². The molecule has 1 unspecified atom stereocenters. The fourth-order valence-corrected chi connectivity index (χ4v) is 4.56. The normalized spacial score (nSPS) is 23.1. The maximum atomic E-state index is 10.6. The van der Waals surface area contributed by atoms with Crippen LogP contribution in [0.2, 0.25) is 0 Å². The van der Waals surface area contributed by atoms with E-state index in [-0.39, 0.29) is 10.8 Å². The zero-order valence-electron chi connectivity index (χ0n) is 17.3. The van der Waals surface area contributed by atoms with Gasteiger partial charge in [-0.1, -0.05) is 71.1 Å². The largest absolute Gasteiger partial charge is 0.478 e. The molecule has 2 heteroatoms. The van der Waals surface area contributed by atoms with Crippen LogP contribution < -0.4 is 0 Å². The van der Waals surface area contributed by atoms with Gasteiger partial charge in [0.25, 0.3) is 0 Å². The second-order valence-corrected chi connectivity index (χ2v) is 9.53. The van der Waals surface area contributed by atoms with E-state index in [1.54, 1.807) is 6.08 Å². The Morgan fingerprint density at radius 3 is 2.37 bits per heavy atom. The van der Waals surface area contributed by atoms with Crippen molar-refractivity contribution in [2.45, 2.75) is 71.1 Å². The molecule has 0 saturated heterocycles. The van der Waals surface area contributed by atoms with Crippen molar-refractivity contribution in [2.24, 2.45) is 5.92 Å². The molecule has 2 aliphatic carbocycles. The quantitative estimate of drug-likeness (QED) is 0.510. The molecule has 0 bridgehead atoms. The van der Waals surface area contributed by atoms with E-state index in [2.05, 4.69) is 58.9 Å². The lowest BCUT2D eigenvalue weighted by molar-refractivity contribution is -0.131. The van der Waals surface area contributed by atoms with Gasteiger partial charge >= 0.3 is 5.97 Å². The highest BCUT2D eigenvalue weighted by atomic mass is 16.4. The lowest BCUT2D eigenvalue weighted by Crippen LogP contribution is -2.34. The molecule has 1 N–H and O–H groups in total. The number of aliphatic carboxylic acids is 1. The SMILES string of the molecule is CC1C=C(CC=CC=CC(=O)O)c2cc3c(cc2C1)C(C)(C)CCC3(C)C. The maximum Gasteiger partial charge on any atom is 0.328 e. The molecule has 0 fully saturated rings. The Labute approximate surface area is 163 Å². The Balaban J connectivity index is 1.99. The summed E-state index contributed by atoms with van der Waals surface area (Å²) in [7, 11) is 0. The van der Waals surface area contributed by atoms with Crippen molar-refractivity contribution in [3.63, 3.8) is 0 Å². The lowest BCUT2D eigenvalue weighted by Gasteiger charge is -2.43. The molecule has 0 spiro atoms. The van der Waals surface area contributed by atoms with Crippen LogP contribution >= 0.6 is 0 Å². The minimum atomic E-state index is -0.910. The van der Waals surface area contributed by atoms with Crippen LogP contribution in [0.25, 0.3) is 5.57 Å². The van der Waals surface area contributed by atoms with E-state index in [0.717, 1.165) is 12.8 Å². The maximum absolute atomic E-state index is 10.6. The zero-order valence-corrected chi connectivity index (χ0v) is 17.3. The van der Waals surface area contributed by atoms with Crippen molar-refractivity contribution >= 4 is 11.5 Å². The van der Waals surface area contributed by atoms with Gasteiger partial charge in [0, 0.05) is 6.08 Å². The summed E-state index contributed by atoms with van der Waals surface area (Å²) >= 11 is 0. The predicted octanol–water partition coefficient (Wildman–Crippen LogP) is 6.20. The Hall–Kier alpha value is -2.09. The summed E-state index contributed by atoms with van der Waals surface area (Å²) in [5.74, 6) is -0.375. The average Bonchev–Trinajstić information content (AvgIpc) is 2.57. The van der Waals surface area contributed by atoms with Crippen LogP contribution in [0.15, 0.2) is 42.5 Å². The standard InChI is InChI=1S/C25H32O2/c1-17-13-18(9-7-6-8-10-23(26)27)20-16-22-21(15-19(20)14-17)24(2,3)11-12-25(22,4)5/h6-8,10,13,15-17H,9,11-12,14H2,1-5H3,(H,26,27). The van der Waals surface area contributed by atoms with Crippen LogP contribution in [0.5, 0.6) is 0 Å². The van der Waals surface area contributed by atoms with Crippen molar-refractivity contribution in [3.8, 4) is 0 Å². The summed E-state index contributed by atoms with van der Waals surface area (Å²) in [6.45, 7) is 11.8. The first kappa shape index (κ1) is 19.7. The number of fused-ring (bicyclic) bond motifs is 2. The van der Waals surface area contributed by atoms with Crippen molar-refractivity contribution in [1.82, 2.24) is 0 Å². The van der Waals surface area contributed by atoms with Gasteiger partial charge in [-0.05, 0) is 70.3 Å². The van der Waals surface area contributed by atoms with Gasteiger partial charge in [-0.2, -0.15) is 0 Å². The number of hydrogen-bond donors (Lipinski definition) is 1. The van der Waals surface area contributed by atoms with E-state index in [4.69, 9.17) is 5.11 Å². The van der Waals surface area contributed by atoms with Crippen molar-refractivity contribution in [3.05, 3.63) is 64.8 Å². The molecule has 144 valence electrons. The third-order valence-corrected chi connectivity index (χ3v) is 6.27. The highest BCUT2D eigenvalue weighted by Gasteiger charge is 2.38. The smallest absolute Gasteiger partial charge is 0.328 e. The summed E-state index contributed by atoms with van der Waals surface area (Å²) < 4.78 is 0. The number of rotatable bonds is 4. The van der Waals surface area contributed by atoms with Gasteiger partial charge in [-0.15, -0.1) is 0 Å².